The maximum Gasteiger partial charge on any atom is 0.278 e. The number of aromatic amines is 2. The highest BCUT2D eigenvalue weighted by Crippen LogP contribution is 2.24. The lowest BCUT2D eigenvalue weighted by molar-refractivity contribution is 0.964. The number of hydrogen-bond donors (Lipinski definition) is 2. The minimum atomic E-state index is -0.251. The molecule has 4 rings (SSSR count). The number of para-hydroxylation sites is 1. The summed E-state index contributed by atoms with van der Waals surface area (Å²) in [6.07, 6.45) is 1.78. The van der Waals surface area contributed by atoms with E-state index in [9.17, 15) is 4.79 Å². The highest BCUT2D eigenvalue weighted by atomic mass is 16.1. The number of fused-ring (bicyclic) bond motifs is 1. The van der Waals surface area contributed by atoms with Gasteiger partial charge in [0, 0.05) is 28.2 Å². The molecule has 0 spiro atoms. The first-order chi connectivity index (χ1) is 10.8. The van der Waals surface area contributed by atoms with E-state index in [1.807, 2.05) is 54.6 Å². The summed E-state index contributed by atoms with van der Waals surface area (Å²) in [5.74, 6) is 0.467. The Morgan fingerprint density at radius 1 is 0.864 bits per heavy atom. The molecule has 0 fully saturated rings. The average Bonchev–Trinajstić information content (AvgIpc) is 2.99. The normalized spacial score (nSPS) is 10.9. The Labute approximate surface area is 125 Å². The van der Waals surface area contributed by atoms with Gasteiger partial charge < -0.3 is 9.97 Å². The second-order valence-corrected chi connectivity index (χ2v) is 4.97. The Morgan fingerprint density at radius 2 is 1.64 bits per heavy atom. The predicted octanol–water partition coefficient (Wildman–Crippen LogP) is 2.98. The van der Waals surface area contributed by atoms with Crippen LogP contribution in [0, 0.1) is 0 Å². The SMILES string of the molecule is O=c1[nH]c(-c2ccccc2)nnc1-c1c[nH]c2ccccc12. The third-order valence-electron chi connectivity index (χ3n) is 3.59. The number of aromatic nitrogens is 4. The molecule has 2 aromatic carbocycles. The fourth-order valence-electron chi connectivity index (χ4n) is 2.51. The molecule has 106 valence electrons. The lowest BCUT2D eigenvalue weighted by Crippen LogP contribution is -2.14. The maximum absolute atomic E-state index is 12.4. The van der Waals surface area contributed by atoms with Crippen molar-refractivity contribution in [2.75, 3.05) is 0 Å². The van der Waals surface area contributed by atoms with Gasteiger partial charge >= 0.3 is 0 Å². The average molecular weight is 288 g/mol. The van der Waals surface area contributed by atoms with E-state index in [-0.39, 0.29) is 5.56 Å². The molecule has 0 saturated carbocycles. The third-order valence-corrected chi connectivity index (χ3v) is 3.59. The van der Waals surface area contributed by atoms with Crippen molar-refractivity contribution in [1.29, 1.82) is 0 Å². The van der Waals surface area contributed by atoms with E-state index in [4.69, 9.17) is 0 Å². The van der Waals surface area contributed by atoms with Crippen molar-refractivity contribution in [3.05, 3.63) is 71.1 Å². The van der Waals surface area contributed by atoms with E-state index in [0.717, 1.165) is 22.0 Å². The van der Waals surface area contributed by atoms with Crippen molar-refractivity contribution in [3.63, 3.8) is 0 Å². The van der Waals surface area contributed by atoms with Crippen LogP contribution in [-0.2, 0) is 0 Å². The van der Waals surface area contributed by atoms with Crippen LogP contribution in [0.15, 0.2) is 65.6 Å². The van der Waals surface area contributed by atoms with Crippen molar-refractivity contribution in [1.82, 2.24) is 20.2 Å². The second-order valence-electron chi connectivity index (χ2n) is 4.97. The molecule has 0 radical (unpaired) electrons. The molecule has 5 nitrogen and oxygen atoms in total. The molecule has 22 heavy (non-hydrogen) atoms. The van der Waals surface area contributed by atoms with Crippen LogP contribution in [-0.4, -0.2) is 20.2 Å². The van der Waals surface area contributed by atoms with E-state index in [1.54, 1.807) is 6.20 Å². The molecule has 0 unspecified atom stereocenters. The Kier molecular flexibility index (Phi) is 2.83. The quantitative estimate of drug-likeness (QED) is 0.595. The van der Waals surface area contributed by atoms with Crippen LogP contribution in [0.25, 0.3) is 33.5 Å². The largest absolute Gasteiger partial charge is 0.360 e. The number of nitrogens with one attached hydrogen (secondary N) is 2. The van der Waals surface area contributed by atoms with E-state index in [0.29, 0.717) is 11.5 Å². The van der Waals surface area contributed by atoms with Crippen molar-refractivity contribution in [3.8, 4) is 22.6 Å². The summed E-state index contributed by atoms with van der Waals surface area (Å²) in [4.78, 5) is 18.3. The van der Waals surface area contributed by atoms with E-state index >= 15 is 0 Å². The van der Waals surface area contributed by atoms with E-state index in [1.165, 1.54) is 0 Å². The standard InChI is InChI=1S/C17H12N4O/c22-17-15(13-10-18-14-9-5-4-8-12(13)14)20-21-16(19-17)11-6-2-1-3-7-11/h1-10,18H,(H,19,21,22). The topological polar surface area (TPSA) is 74.4 Å². The number of H-pyrrole nitrogens is 2. The summed E-state index contributed by atoms with van der Waals surface area (Å²) in [7, 11) is 0. The molecule has 0 amide bonds. The molecule has 0 saturated heterocycles. The molecule has 0 atom stereocenters. The molecular weight excluding hydrogens is 276 g/mol. The number of benzene rings is 2. The van der Waals surface area contributed by atoms with Gasteiger partial charge in [0.25, 0.3) is 5.56 Å². The molecule has 2 aromatic heterocycles. The van der Waals surface area contributed by atoms with Gasteiger partial charge in [0.05, 0.1) is 0 Å². The zero-order valence-corrected chi connectivity index (χ0v) is 11.6. The Balaban J connectivity index is 1.86. The summed E-state index contributed by atoms with van der Waals surface area (Å²) >= 11 is 0. The number of nitrogens with zero attached hydrogens (tertiary/aromatic N) is 2. The van der Waals surface area contributed by atoms with E-state index in [2.05, 4.69) is 20.2 Å². The zero-order valence-electron chi connectivity index (χ0n) is 11.6. The molecule has 2 N–H and O–H groups in total. The molecule has 0 aliphatic rings. The Morgan fingerprint density at radius 3 is 2.45 bits per heavy atom. The van der Waals surface area contributed by atoms with Crippen molar-refractivity contribution in [2.45, 2.75) is 0 Å². The number of hydrogen-bond acceptors (Lipinski definition) is 3. The van der Waals surface area contributed by atoms with Crippen LogP contribution in [0.4, 0.5) is 0 Å². The van der Waals surface area contributed by atoms with Crippen LogP contribution < -0.4 is 5.56 Å². The lowest BCUT2D eigenvalue weighted by Gasteiger charge is -2.01. The fraction of sp³-hybridized carbons (Fsp3) is 0. The first kappa shape index (κ1) is 12.5. The van der Waals surface area contributed by atoms with Gasteiger partial charge in [-0.1, -0.05) is 48.5 Å². The fourth-order valence-corrected chi connectivity index (χ4v) is 2.51. The van der Waals surface area contributed by atoms with Crippen LogP contribution in [0.5, 0.6) is 0 Å². The first-order valence-electron chi connectivity index (χ1n) is 6.92. The van der Waals surface area contributed by atoms with Crippen LogP contribution >= 0.6 is 0 Å². The first-order valence-corrected chi connectivity index (χ1v) is 6.92. The van der Waals surface area contributed by atoms with Gasteiger partial charge in [-0.2, -0.15) is 0 Å². The van der Waals surface area contributed by atoms with Gasteiger partial charge in [0.2, 0.25) is 0 Å². The molecule has 0 aliphatic heterocycles. The predicted molar refractivity (Wildman–Crippen MR) is 85.4 cm³/mol. The lowest BCUT2D eigenvalue weighted by atomic mass is 10.1. The van der Waals surface area contributed by atoms with Crippen molar-refractivity contribution in [2.24, 2.45) is 0 Å². The minimum absolute atomic E-state index is 0.251. The highest BCUT2D eigenvalue weighted by molar-refractivity contribution is 5.94. The molecule has 2 heterocycles. The highest BCUT2D eigenvalue weighted by Gasteiger charge is 2.12. The van der Waals surface area contributed by atoms with Gasteiger partial charge in [-0.25, -0.2) is 0 Å². The maximum atomic E-state index is 12.4. The summed E-state index contributed by atoms with van der Waals surface area (Å²) in [5, 5.41) is 9.24. The molecular formula is C17H12N4O. The summed E-state index contributed by atoms with van der Waals surface area (Å²) < 4.78 is 0. The molecule has 4 aromatic rings. The Hall–Kier alpha value is -3.21. The summed E-state index contributed by atoms with van der Waals surface area (Å²) in [6, 6.07) is 17.2. The minimum Gasteiger partial charge on any atom is -0.360 e. The molecule has 0 bridgehead atoms. The zero-order chi connectivity index (χ0) is 14.9. The van der Waals surface area contributed by atoms with Crippen molar-refractivity contribution < 1.29 is 0 Å². The monoisotopic (exact) mass is 288 g/mol. The smallest absolute Gasteiger partial charge is 0.278 e. The Bertz CT molecular complexity index is 1000. The van der Waals surface area contributed by atoms with Gasteiger partial charge in [-0.15, -0.1) is 10.2 Å². The van der Waals surface area contributed by atoms with E-state index < -0.39 is 0 Å². The van der Waals surface area contributed by atoms with Crippen LogP contribution in [0.2, 0.25) is 0 Å². The van der Waals surface area contributed by atoms with Gasteiger partial charge in [0.15, 0.2) is 11.5 Å². The van der Waals surface area contributed by atoms with Crippen LogP contribution in [0.1, 0.15) is 0 Å². The van der Waals surface area contributed by atoms with Crippen LogP contribution in [0.3, 0.4) is 0 Å². The van der Waals surface area contributed by atoms with Gasteiger partial charge in [-0.05, 0) is 6.07 Å². The second kappa shape index (κ2) is 4.96. The van der Waals surface area contributed by atoms with Gasteiger partial charge in [-0.3, -0.25) is 4.79 Å². The third kappa shape index (κ3) is 2.00. The van der Waals surface area contributed by atoms with Gasteiger partial charge in [0.1, 0.15) is 0 Å². The van der Waals surface area contributed by atoms with Crippen molar-refractivity contribution >= 4 is 10.9 Å². The summed E-state index contributed by atoms with van der Waals surface area (Å²) in [6.45, 7) is 0. The number of rotatable bonds is 2. The molecule has 0 aliphatic carbocycles. The molecule has 5 heteroatoms. The summed E-state index contributed by atoms with van der Waals surface area (Å²) in [5.41, 5.74) is 2.61.